The van der Waals surface area contributed by atoms with Gasteiger partial charge < -0.3 is 10.2 Å². The Morgan fingerprint density at radius 1 is 0.714 bits per heavy atom. The average molecular weight is 477 g/mol. The molecule has 0 unspecified atom stereocenters. The molecule has 0 spiro atoms. The highest BCUT2D eigenvalue weighted by atomic mass is 32.1. The van der Waals surface area contributed by atoms with E-state index in [0.29, 0.717) is 0 Å². The standard InChI is InChI=1S/C32H32N2S/c1-22-10-6-8-12-29(22)34(30-13-9-7-11-23(30)2)26-18-19-31-27(20-26)28(21-35-31)33-25-16-14-24(15-17-25)32(3,4)5/h6-21,33H,1-5H3. The fourth-order valence-electron chi connectivity index (χ4n) is 4.50. The SMILES string of the molecule is Cc1ccccc1N(c1ccc2scc(Nc3ccc(C(C)(C)C)cc3)c2c1)c1ccccc1C. The normalized spacial score (nSPS) is 11.6. The summed E-state index contributed by atoms with van der Waals surface area (Å²) in [5.74, 6) is 0. The second kappa shape index (κ2) is 9.24. The van der Waals surface area contributed by atoms with Crippen LogP contribution in [0.5, 0.6) is 0 Å². The summed E-state index contributed by atoms with van der Waals surface area (Å²) in [6.07, 6.45) is 0. The van der Waals surface area contributed by atoms with Gasteiger partial charge in [0.05, 0.1) is 5.69 Å². The molecule has 0 fully saturated rings. The van der Waals surface area contributed by atoms with E-state index in [1.165, 1.54) is 38.2 Å². The number of hydrogen-bond donors (Lipinski definition) is 1. The van der Waals surface area contributed by atoms with Crippen molar-refractivity contribution in [1.29, 1.82) is 0 Å². The summed E-state index contributed by atoms with van der Waals surface area (Å²) in [6, 6.07) is 32.8. The summed E-state index contributed by atoms with van der Waals surface area (Å²) in [4.78, 5) is 2.38. The van der Waals surface area contributed by atoms with Crippen LogP contribution < -0.4 is 10.2 Å². The average Bonchev–Trinajstić information content (AvgIpc) is 3.23. The second-order valence-electron chi connectivity index (χ2n) is 10.2. The Bertz CT molecular complexity index is 1430. The van der Waals surface area contributed by atoms with Crippen LogP contribution in [0.15, 0.2) is 96.4 Å². The fraction of sp³-hybridized carbons (Fsp3) is 0.188. The van der Waals surface area contributed by atoms with E-state index < -0.39 is 0 Å². The predicted molar refractivity (Wildman–Crippen MR) is 154 cm³/mol. The van der Waals surface area contributed by atoms with Crippen molar-refractivity contribution in [2.75, 3.05) is 10.2 Å². The minimum atomic E-state index is 0.150. The van der Waals surface area contributed by atoms with Crippen molar-refractivity contribution < 1.29 is 0 Å². The zero-order valence-electron chi connectivity index (χ0n) is 21.1. The van der Waals surface area contributed by atoms with E-state index in [1.807, 2.05) is 0 Å². The highest BCUT2D eigenvalue weighted by Crippen LogP contribution is 2.42. The molecular weight excluding hydrogens is 444 g/mol. The van der Waals surface area contributed by atoms with Crippen LogP contribution in [0.4, 0.5) is 28.4 Å². The highest BCUT2D eigenvalue weighted by Gasteiger charge is 2.18. The van der Waals surface area contributed by atoms with Gasteiger partial charge in [-0.05, 0) is 78.4 Å². The Morgan fingerprint density at radius 2 is 1.31 bits per heavy atom. The zero-order chi connectivity index (χ0) is 24.6. The van der Waals surface area contributed by atoms with E-state index in [1.54, 1.807) is 11.3 Å². The number of nitrogens with one attached hydrogen (secondary N) is 1. The van der Waals surface area contributed by atoms with Gasteiger partial charge in [-0.1, -0.05) is 69.3 Å². The zero-order valence-corrected chi connectivity index (χ0v) is 21.9. The van der Waals surface area contributed by atoms with Crippen molar-refractivity contribution in [3.05, 3.63) is 113 Å². The first-order chi connectivity index (χ1) is 16.8. The maximum atomic E-state index is 3.67. The smallest absolute Gasteiger partial charge is 0.0573 e. The monoisotopic (exact) mass is 476 g/mol. The molecule has 35 heavy (non-hydrogen) atoms. The first-order valence-corrected chi connectivity index (χ1v) is 13.0. The molecule has 0 aliphatic heterocycles. The first-order valence-electron chi connectivity index (χ1n) is 12.1. The van der Waals surface area contributed by atoms with E-state index in [9.17, 15) is 0 Å². The number of para-hydroxylation sites is 2. The Hall–Kier alpha value is -3.56. The molecule has 5 aromatic rings. The molecule has 1 aromatic heterocycles. The Kier molecular flexibility index (Phi) is 6.12. The molecule has 0 amide bonds. The summed E-state index contributed by atoms with van der Waals surface area (Å²) < 4.78 is 1.28. The summed E-state index contributed by atoms with van der Waals surface area (Å²) >= 11 is 1.78. The lowest BCUT2D eigenvalue weighted by atomic mass is 9.87. The molecule has 4 aromatic carbocycles. The molecule has 0 saturated carbocycles. The number of thiophene rings is 1. The molecular formula is C32H32N2S. The van der Waals surface area contributed by atoms with Crippen molar-refractivity contribution in [2.24, 2.45) is 0 Å². The summed E-state index contributed by atoms with van der Waals surface area (Å²) in [5.41, 5.74) is 9.79. The van der Waals surface area contributed by atoms with E-state index >= 15 is 0 Å². The van der Waals surface area contributed by atoms with E-state index in [4.69, 9.17) is 0 Å². The van der Waals surface area contributed by atoms with Crippen molar-refractivity contribution in [3.63, 3.8) is 0 Å². The van der Waals surface area contributed by atoms with Crippen LogP contribution >= 0.6 is 11.3 Å². The van der Waals surface area contributed by atoms with Crippen molar-refractivity contribution >= 4 is 49.9 Å². The van der Waals surface area contributed by atoms with Crippen molar-refractivity contribution in [2.45, 2.75) is 40.0 Å². The molecule has 0 radical (unpaired) electrons. The number of rotatable bonds is 5. The topological polar surface area (TPSA) is 15.3 Å². The third-order valence-electron chi connectivity index (χ3n) is 6.56. The van der Waals surface area contributed by atoms with Crippen LogP contribution in [-0.4, -0.2) is 0 Å². The van der Waals surface area contributed by atoms with E-state index in [0.717, 1.165) is 17.1 Å². The fourth-order valence-corrected chi connectivity index (χ4v) is 5.37. The molecule has 0 saturated heterocycles. The van der Waals surface area contributed by atoms with Crippen molar-refractivity contribution in [3.8, 4) is 0 Å². The number of nitrogens with zero attached hydrogens (tertiary/aromatic N) is 1. The Labute approximate surface area is 212 Å². The first kappa shape index (κ1) is 23.2. The quantitative estimate of drug-likeness (QED) is 0.271. The van der Waals surface area contributed by atoms with Crippen LogP contribution in [0.2, 0.25) is 0 Å². The summed E-state index contributed by atoms with van der Waals surface area (Å²) in [5, 5.41) is 7.12. The van der Waals surface area contributed by atoms with Gasteiger partial charge in [0.15, 0.2) is 0 Å². The summed E-state index contributed by atoms with van der Waals surface area (Å²) in [7, 11) is 0. The predicted octanol–water partition coefficient (Wildman–Crippen LogP) is 10.0. The van der Waals surface area contributed by atoms with Gasteiger partial charge in [0, 0.05) is 38.2 Å². The minimum absolute atomic E-state index is 0.150. The molecule has 1 N–H and O–H groups in total. The van der Waals surface area contributed by atoms with Gasteiger partial charge in [0.2, 0.25) is 0 Å². The largest absolute Gasteiger partial charge is 0.354 e. The third kappa shape index (κ3) is 4.69. The maximum Gasteiger partial charge on any atom is 0.0573 e. The van der Waals surface area contributed by atoms with Gasteiger partial charge in [-0.3, -0.25) is 0 Å². The van der Waals surface area contributed by atoms with Gasteiger partial charge in [-0.15, -0.1) is 11.3 Å². The molecule has 2 nitrogen and oxygen atoms in total. The van der Waals surface area contributed by atoms with Crippen molar-refractivity contribution in [1.82, 2.24) is 0 Å². The summed E-state index contributed by atoms with van der Waals surface area (Å²) in [6.45, 7) is 11.1. The van der Waals surface area contributed by atoms with Crippen LogP contribution in [-0.2, 0) is 5.41 Å². The Balaban J connectivity index is 1.58. The Morgan fingerprint density at radius 3 is 1.89 bits per heavy atom. The molecule has 0 aliphatic carbocycles. The lowest BCUT2D eigenvalue weighted by molar-refractivity contribution is 0.590. The lowest BCUT2D eigenvalue weighted by Crippen LogP contribution is -2.12. The lowest BCUT2D eigenvalue weighted by Gasteiger charge is -2.28. The second-order valence-corrected chi connectivity index (χ2v) is 11.1. The molecule has 176 valence electrons. The van der Waals surface area contributed by atoms with Crippen LogP contribution in [0.25, 0.3) is 10.1 Å². The number of hydrogen-bond acceptors (Lipinski definition) is 3. The number of benzene rings is 4. The van der Waals surface area contributed by atoms with Crippen LogP contribution in [0.1, 0.15) is 37.5 Å². The van der Waals surface area contributed by atoms with Gasteiger partial charge in [-0.25, -0.2) is 0 Å². The van der Waals surface area contributed by atoms with Gasteiger partial charge >= 0.3 is 0 Å². The van der Waals surface area contributed by atoms with E-state index in [2.05, 4.69) is 141 Å². The van der Waals surface area contributed by atoms with Crippen LogP contribution in [0, 0.1) is 13.8 Å². The molecule has 3 heteroatoms. The third-order valence-corrected chi connectivity index (χ3v) is 7.52. The van der Waals surface area contributed by atoms with E-state index in [-0.39, 0.29) is 5.41 Å². The van der Waals surface area contributed by atoms with Crippen LogP contribution in [0.3, 0.4) is 0 Å². The minimum Gasteiger partial charge on any atom is -0.354 e. The number of anilines is 5. The molecule has 0 atom stereocenters. The van der Waals surface area contributed by atoms with Gasteiger partial charge in [0.25, 0.3) is 0 Å². The maximum absolute atomic E-state index is 3.67. The molecule has 1 heterocycles. The molecule has 5 rings (SSSR count). The highest BCUT2D eigenvalue weighted by molar-refractivity contribution is 7.17. The molecule has 0 aliphatic rings. The van der Waals surface area contributed by atoms with Gasteiger partial charge in [0.1, 0.15) is 0 Å². The number of aryl methyl sites for hydroxylation is 2. The number of fused-ring (bicyclic) bond motifs is 1. The molecule has 0 bridgehead atoms. The van der Waals surface area contributed by atoms with Gasteiger partial charge in [-0.2, -0.15) is 0 Å².